The number of benzene rings is 2. The largest absolute Gasteiger partial charge is 0.444 e. The molecule has 0 aromatic heterocycles. The van der Waals surface area contributed by atoms with Crippen molar-refractivity contribution in [3.05, 3.63) is 53.1 Å². The molecule has 0 saturated carbocycles. The summed E-state index contributed by atoms with van der Waals surface area (Å²) in [5.41, 5.74) is 3.67. The van der Waals surface area contributed by atoms with Gasteiger partial charge in [0.25, 0.3) is 0 Å². The molecule has 2 amide bonds. The van der Waals surface area contributed by atoms with Crippen LogP contribution in [0.1, 0.15) is 18.4 Å². The van der Waals surface area contributed by atoms with Crippen molar-refractivity contribution in [2.45, 2.75) is 25.5 Å². The molecule has 0 aliphatic carbocycles. The quantitative estimate of drug-likeness (QED) is 0.619. The molecule has 1 fully saturated rings. The minimum Gasteiger partial charge on any atom is -0.444 e. The summed E-state index contributed by atoms with van der Waals surface area (Å²) in [6.07, 6.45) is 1.25. The first-order chi connectivity index (χ1) is 14.9. The van der Waals surface area contributed by atoms with E-state index < -0.39 is 0 Å². The van der Waals surface area contributed by atoms with Crippen molar-refractivity contribution in [3.63, 3.8) is 0 Å². The number of cyclic esters (lactones) is 1. The van der Waals surface area contributed by atoms with E-state index in [9.17, 15) is 9.59 Å². The average molecular weight is 516 g/mol. The van der Waals surface area contributed by atoms with Crippen LogP contribution in [0, 0.1) is 0 Å². The molecule has 0 spiro atoms. The van der Waals surface area contributed by atoms with Crippen LogP contribution in [-0.2, 0) is 16.1 Å². The molecule has 180 valence electrons. The van der Waals surface area contributed by atoms with Gasteiger partial charge in [-0.05, 0) is 55.3 Å². The van der Waals surface area contributed by atoms with E-state index in [1.807, 2.05) is 55.4 Å². The predicted molar refractivity (Wildman–Crippen MR) is 137 cm³/mol. The van der Waals surface area contributed by atoms with E-state index in [0.717, 1.165) is 48.6 Å². The fraction of sp³-hybridized carbons (Fsp3) is 0.391. The number of carbonyl (C=O) groups is 2. The molecule has 0 bridgehead atoms. The standard InChI is InChI=1S/C23H27ClN4O3.2ClH/c1-26(2)19-6-4-18(5-7-19)25-22(29)14-27-11-9-20(10-12-27)28-21-8-3-17(24)13-16(21)15-31-23(28)30;;/h3-8,13,20H,9-12,14-15H2,1-2H3,(H,25,29);2*1H. The second-order valence-electron chi connectivity index (χ2n) is 8.19. The summed E-state index contributed by atoms with van der Waals surface area (Å²) in [6, 6.07) is 13.4. The number of anilines is 3. The summed E-state index contributed by atoms with van der Waals surface area (Å²) < 4.78 is 5.35. The number of hydrogen-bond acceptors (Lipinski definition) is 5. The molecule has 0 radical (unpaired) electrons. The van der Waals surface area contributed by atoms with Gasteiger partial charge in [-0.2, -0.15) is 0 Å². The van der Waals surface area contributed by atoms with E-state index in [-0.39, 0.29) is 49.5 Å². The minimum atomic E-state index is -0.313. The van der Waals surface area contributed by atoms with Gasteiger partial charge in [-0.3, -0.25) is 14.6 Å². The normalized spacial score (nSPS) is 16.1. The van der Waals surface area contributed by atoms with Gasteiger partial charge >= 0.3 is 6.09 Å². The highest BCUT2D eigenvalue weighted by Gasteiger charge is 2.34. The van der Waals surface area contributed by atoms with Gasteiger partial charge in [0.2, 0.25) is 5.91 Å². The summed E-state index contributed by atoms with van der Waals surface area (Å²) in [5, 5.41) is 3.59. The summed E-state index contributed by atoms with van der Waals surface area (Å²) >= 11 is 6.09. The zero-order chi connectivity index (χ0) is 22.0. The number of ether oxygens (including phenoxy) is 1. The number of halogens is 3. The number of piperidine rings is 1. The molecule has 2 heterocycles. The fourth-order valence-corrected chi connectivity index (χ4v) is 4.33. The number of amides is 2. The lowest BCUT2D eigenvalue weighted by Crippen LogP contribution is -2.50. The monoisotopic (exact) mass is 514 g/mol. The van der Waals surface area contributed by atoms with Crippen LogP contribution in [-0.4, -0.2) is 56.7 Å². The van der Waals surface area contributed by atoms with Crippen molar-refractivity contribution in [1.82, 2.24) is 4.90 Å². The van der Waals surface area contributed by atoms with Crippen molar-refractivity contribution in [2.24, 2.45) is 0 Å². The Hall–Kier alpha value is -2.19. The minimum absolute atomic E-state index is 0. The lowest BCUT2D eigenvalue weighted by molar-refractivity contribution is -0.117. The number of nitrogens with zero attached hydrogens (tertiary/aromatic N) is 3. The molecule has 1 N–H and O–H groups in total. The summed E-state index contributed by atoms with van der Waals surface area (Å²) in [4.78, 5) is 30.8. The van der Waals surface area contributed by atoms with E-state index in [2.05, 4.69) is 10.2 Å². The SMILES string of the molecule is CN(C)c1ccc(NC(=O)CN2CCC(N3C(=O)OCc4cc(Cl)ccc43)CC2)cc1.Cl.Cl. The molecule has 2 aromatic carbocycles. The van der Waals surface area contributed by atoms with Crippen molar-refractivity contribution < 1.29 is 14.3 Å². The van der Waals surface area contributed by atoms with E-state index in [4.69, 9.17) is 16.3 Å². The summed E-state index contributed by atoms with van der Waals surface area (Å²) in [7, 11) is 3.96. The van der Waals surface area contributed by atoms with Crippen molar-refractivity contribution >= 4 is 65.5 Å². The molecule has 0 unspecified atom stereocenters. The number of likely N-dealkylation sites (tertiary alicyclic amines) is 1. The van der Waals surface area contributed by atoms with E-state index in [1.54, 1.807) is 11.0 Å². The average Bonchev–Trinajstić information content (AvgIpc) is 2.75. The zero-order valence-electron chi connectivity index (χ0n) is 18.6. The van der Waals surface area contributed by atoms with Crippen LogP contribution in [0.2, 0.25) is 5.02 Å². The first-order valence-electron chi connectivity index (χ1n) is 10.4. The van der Waals surface area contributed by atoms with Crippen molar-refractivity contribution in [3.8, 4) is 0 Å². The predicted octanol–water partition coefficient (Wildman–Crippen LogP) is 4.81. The van der Waals surface area contributed by atoms with Gasteiger partial charge in [-0.1, -0.05) is 11.6 Å². The zero-order valence-corrected chi connectivity index (χ0v) is 21.0. The van der Waals surface area contributed by atoms with Gasteiger partial charge in [0.05, 0.1) is 12.2 Å². The lowest BCUT2D eigenvalue weighted by Gasteiger charge is -2.40. The molecule has 10 heteroatoms. The first-order valence-corrected chi connectivity index (χ1v) is 10.8. The summed E-state index contributed by atoms with van der Waals surface area (Å²) in [6.45, 7) is 2.06. The number of nitrogens with one attached hydrogen (secondary N) is 1. The number of hydrogen-bond donors (Lipinski definition) is 1. The maximum Gasteiger partial charge on any atom is 0.414 e. The van der Waals surface area contributed by atoms with Gasteiger partial charge in [-0.15, -0.1) is 24.8 Å². The van der Waals surface area contributed by atoms with Crippen LogP contribution >= 0.6 is 36.4 Å². The molecule has 7 nitrogen and oxygen atoms in total. The number of fused-ring (bicyclic) bond motifs is 1. The van der Waals surface area contributed by atoms with Gasteiger partial charge in [0.1, 0.15) is 6.61 Å². The van der Waals surface area contributed by atoms with Crippen LogP contribution in [0.5, 0.6) is 0 Å². The van der Waals surface area contributed by atoms with E-state index in [1.165, 1.54) is 0 Å². The summed E-state index contributed by atoms with van der Waals surface area (Å²) in [5.74, 6) is -0.0339. The highest BCUT2D eigenvalue weighted by Crippen LogP contribution is 2.33. The molecule has 1 saturated heterocycles. The highest BCUT2D eigenvalue weighted by atomic mass is 35.5. The molecular formula is C23H29Cl3N4O3. The second-order valence-corrected chi connectivity index (χ2v) is 8.63. The van der Waals surface area contributed by atoms with Gasteiger partial charge in [0.15, 0.2) is 0 Å². The Morgan fingerprint density at radius 3 is 2.42 bits per heavy atom. The Bertz CT molecular complexity index is 964. The fourth-order valence-electron chi connectivity index (χ4n) is 4.14. The Morgan fingerprint density at radius 2 is 1.79 bits per heavy atom. The van der Waals surface area contributed by atoms with E-state index in [0.29, 0.717) is 11.6 Å². The molecule has 2 aliphatic rings. The van der Waals surface area contributed by atoms with Crippen LogP contribution in [0.3, 0.4) is 0 Å². The molecule has 0 atom stereocenters. The molecular weight excluding hydrogens is 487 g/mol. The number of carbonyl (C=O) groups excluding carboxylic acids is 2. The Labute approximate surface area is 211 Å². The molecule has 33 heavy (non-hydrogen) atoms. The van der Waals surface area contributed by atoms with Gasteiger partial charge in [0, 0.05) is 55.2 Å². The molecule has 2 aliphatic heterocycles. The van der Waals surface area contributed by atoms with Crippen LogP contribution < -0.4 is 15.1 Å². The van der Waals surface area contributed by atoms with Crippen molar-refractivity contribution in [2.75, 3.05) is 48.8 Å². The Balaban J connectivity index is 0.00000193. The lowest BCUT2D eigenvalue weighted by atomic mass is 10.0. The topological polar surface area (TPSA) is 65.1 Å². The van der Waals surface area contributed by atoms with Gasteiger partial charge in [-0.25, -0.2) is 4.79 Å². The molecule has 2 aromatic rings. The number of rotatable bonds is 5. The van der Waals surface area contributed by atoms with Gasteiger partial charge < -0.3 is 15.0 Å². The third kappa shape index (κ3) is 6.44. The maximum absolute atomic E-state index is 12.5. The maximum atomic E-state index is 12.5. The van der Waals surface area contributed by atoms with Crippen LogP contribution in [0.15, 0.2) is 42.5 Å². The molecule has 4 rings (SSSR count). The Kier molecular flexibility index (Phi) is 9.67. The third-order valence-electron chi connectivity index (χ3n) is 5.81. The van der Waals surface area contributed by atoms with Crippen molar-refractivity contribution in [1.29, 1.82) is 0 Å². The van der Waals surface area contributed by atoms with Crippen LogP contribution in [0.4, 0.5) is 21.9 Å². The smallest absolute Gasteiger partial charge is 0.414 e. The van der Waals surface area contributed by atoms with E-state index >= 15 is 0 Å². The highest BCUT2D eigenvalue weighted by molar-refractivity contribution is 6.30. The third-order valence-corrected chi connectivity index (χ3v) is 6.04. The second kappa shape index (κ2) is 11.8. The van der Waals surface area contributed by atoms with Crippen LogP contribution in [0.25, 0.3) is 0 Å². The first kappa shape index (κ1) is 27.1. The Morgan fingerprint density at radius 1 is 1.12 bits per heavy atom.